The smallest absolute Gasteiger partial charge is 0.329 e. The fourth-order valence-electron chi connectivity index (χ4n) is 9.12. The molecule has 4 rings (SSSR count). The lowest BCUT2D eigenvalue weighted by molar-refractivity contribution is -0.302. The number of ketones is 2. The van der Waals surface area contributed by atoms with Crippen LogP contribution in [0.5, 0.6) is 0 Å². The van der Waals surface area contributed by atoms with Crippen LogP contribution in [0.2, 0.25) is 0 Å². The summed E-state index contributed by atoms with van der Waals surface area (Å²) in [4.78, 5) is 57.6. The summed E-state index contributed by atoms with van der Waals surface area (Å²) in [5, 5.41) is 22.4. The van der Waals surface area contributed by atoms with Gasteiger partial charge in [0.15, 0.2) is 5.78 Å². The molecule has 12 nitrogen and oxygen atoms in total. The number of esters is 1. The molecule has 314 valence electrons. The van der Waals surface area contributed by atoms with E-state index in [1.165, 1.54) is 19.1 Å². The first kappa shape index (κ1) is 45.7. The van der Waals surface area contributed by atoms with Gasteiger partial charge in [0.1, 0.15) is 18.2 Å². The van der Waals surface area contributed by atoms with E-state index in [1.54, 1.807) is 32.3 Å². The number of nitrogens with zero attached hydrogens (tertiary/aromatic N) is 1. The van der Waals surface area contributed by atoms with Crippen molar-refractivity contribution in [1.82, 2.24) is 4.90 Å². The average molecular weight is 786 g/mol. The molecule has 0 radical (unpaired) electrons. The summed E-state index contributed by atoms with van der Waals surface area (Å²) in [7, 11) is 4.66. The fraction of sp³-hybridized carbons (Fsp3) is 0.727. The van der Waals surface area contributed by atoms with Crippen molar-refractivity contribution in [3.05, 3.63) is 48.1 Å². The molecule has 1 saturated carbocycles. The Hall–Kier alpha value is -3.00. The van der Waals surface area contributed by atoms with Crippen LogP contribution >= 0.6 is 0 Å². The Kier molecular flexibility index (Phi) is 16.8. The number of rotatable bonds is 7. The van der Waals surface area contributed by atoms with Gasteiger partial charge in [0.05, 0.1) is 24.4 Å². The Morgan fingerprint density at radius 2 is 1.66 bits per heavy atom. The molecular formula is C44H67NO11. The van der Waals surface area contributed by atoms with Crippen LogP contribution in [0, 0.1) is 29.6 Å². The van der Waals surface area contributed by atoms with E-state index in [0.717, 1.165) is 17.6 Å². The Morgan fingerprint density at radius 1 is 0.982 bits per heavy atom. The van der Waals surface area contributed by atoms with Crippen molar-refractivity contribution in [2.45, 2.75) is 147 Å². The first-order valence-electron chi connectivity index (χ1n) is 20.5. The number of amides is 1. The summed E-state index contributed by atoms with van der Waals surface area (Å²) < 4.78 is 29.8. The number of carbonyl (C=O) groups is 4. The Bertz CT molecular complexity index is 1490. The van der Waals surface area contributed by atoms with Crippen LogP contribution in [0.15, 0.2) is 48.1 Å². The highest BCUT2D eigenvalue weighted by Gasteiger charge is 2.56. The first-order valence-corrected chi connectivity index (χ1v) is 20.5. The van der Waals surface area contributed by atoms with Crippen molar-refractivity contribution in [2.75, 3.05) is 27.9 Å². The maximum atomic E-state index is 14.3. The molecule has 0 aromatic rings. The van der Waals surface area contributed by atoms with Crippen LogP contribution in [-0.4, -0.2) is 115 Å². The molecule has 1 aliphatic carbocycles. The third kappa shape index (κ3) is 10.9. The number of carbonyl (C=O) groups excluding carboxylic acids is 4. The number of aliphatic hydroxyl groups excluding tert-OH is 1. The molecule has 1 amide bonds. The second-order valence-corrected chi connectivity index (χ2v) is 16.8. The molecule has 0 aromatic heterocycles. The van der Waals surface area contributed by atoms with Crippen LogP contribution in [-0.2, 0) is 42.9 Å². The van der Waals surface area contributed by atoms with Crippen LogP contribution in [0.25, 0.3) is 0 Å². The van der Waals surface area contributed by atoms with E-state index >= 15 is 0 Å². The number of allylic oxidation sites excluding steroid dienone is 5. The van der Waals surface area contributed by atoms with Crippen LogP contribution in [0.1, 0.15) is 98.8 Å². The van der Waals surface area contributed by atoms with E-state index in [-0.39, 0.29) is 43.1 Å². The quantitative estimate of drug-likeness (QED) is 0.192. The molecule has 4 aliphatic rings. The number of cyclic esters (lactones) is 1. The average Bonchev–Trinajstić information content (AvgIpc) is 3.18. The summed E-state index contributed by atoms with van der Waals surface area (Å²) in [5.41, 5.74) is 1.77. The highest BCUT2D eigenvalue weighted by Crippen LogP contribution is 2.39. The standard InChI is InChI=1S/C44H67NO11/c1-10-13-32-21-26(2)20-27(3)22-37(53-8)40-38(54-9)24-30(6)44(51,56-40)41(48)42(49)45-19-12-11-14-33(45)43(50)55-39(28(4)15-17-34(32)46)29(5)23-31-16-18-35(47)36(25-31)52-7/h10,15,17,21,23,27-28,30-33,35-40,47,51H,1,11-14,16,18-20,22,24-25H2,2-9H3/t27-,28+,30+,31-,32+,33-,35+,36+,37-,38-,39-,40+,44+/m0/s1. The Labute approximate surface area is 333 Å². The van der Waals surface area contributed by atoms with Crippen molar-refractivity contribution in [2.24, 2.45) is 29.6 Å². The zero-order valence-corrected chi connectivity index (χ0v) is 34.8. The minimum Gasteiger partial charge on any atom is -0.456 e. The Balaban J connectivity index is 1.78. The summed E-state index contributed by atoms with van der Waals surface area (Å²) in [6.45, 7) is 13.5. The van der Waals surface area contributed by atoms with Gasteiger partial charge in [0.2, 0.25) is 5.79 Å². The van der Waals surface area contributed by atoms with Crippen molar-refractivity contribution < 1.29 is 53.1 Å². The van der Waals surface area contributed by atoms with E-state index in [9.17, 15) is 29.4 Å². The van der Waals surface area contributed by atoms with E-state index in [0.29, 0.717) is 44.9 Å². The molecular weight excluding hydrogens is 718 g/mol. The van der Waals surface area contributed by atoms with Crippen molar-refractivity contribution >= 4 is 23.4 Å². The normalized spacial score (nSPS) is 38.9. The van der Waals surface area contributed by atoms with E-state index in [2.05, 4.69) is 19.6 Å². The van der Waals surface area contributed by atoms with Crippen LogP contribution in [0.4, 0.5) is 0 Å². The minimum atomic E-state index is -2.48. The highest BCUT2D eigenvalue weighted by molar-refractivity contribution is 6.39. The topological polar surface area (TPSA) is 158 Å². The third-order valence-corrected chi connectivity index (χ3v) is 12.4. The molecule has 2 bridgehead atoms. The summed E-state index contributed by atoms with van der Waals surface area (Å²) >= 11 is 0. The van der Waals surface area contributed by atoms with Gasteiger partial charge in [-0.2, -0.15) is 0 Å². The van der Waals surface area contributed by atoms with Crippen molar-refractivity contribution in [3.63, 3.8) is 0 Å². The molecule has 0 aromatic carbocycles. The van der Waals surface area contributed by atoms with Gasteiger partial charge in [-0.3, -0.25) is 14.4 Å². The number of methoxy groups -OCH3 is 3. The molecule has 2 saturated heterocycles. The molecule has 13 atom stereocenters. The second kappa shape index (κ2) is 20.6. The largest absolute Gasteiger partial charge is 0.456 e. The van der Waals surface area contributed by atoms with Gasteiger partial charge in [-0.05, 0) is 102 Å². The number of hydrogen-bond donors (Lipinski definition) is 2. The molecule has 3 fully saturated rings. The summed E-state index contributed by atoms with van der Waals surface area (Å²) in [6.07, 6.45) is 10.5. The SMILES string of the molecule is C=CC[C@@H]1C=C(C)C[C@H](C)C[C@H](OC)[C@H]2O[C@@](O)(C(=O)C(=O)N3CCCC[C@H]3C(=O)O[C@H](C(C)=C[C@@H]3CC[C@@H](O)[C@H](OC)C3)[C@H](C)C=CC1=O)[C@H](C)C[C@@H]2OC. The monoisotopic (exact) mass is 785 g/mol. The van der Waals surface area contributed by atoms with E-state index in [4.69, 9.17) is 23.7 Å². The van der Waals surface area contributed by atoms with Crippen molar-refractivity contribution in [1.29, 1.82) is 0 Å². The molecule has 56 heavy (non-hydrogen) atoms. The molecule has 0 spiro atoms. The summed E-state index contributed by atoms with van der Waals surface area (Å²) in [6, 6.07) is -1.08. The molecule has 3 aliphatic heterocycles. The van der Waals surface area contributed by atoms with Crippen molar-refractivity contribution in [3.8, 4) is 0 Å². The van der Waals surface area contributed by atoms with Gasteiger partial charge in [-0.25, -0.2) is 4.79 Å². The van der Waals surface area contributed by atoms with Crippen LogP contribution in [0.3, 0.4) is 0 Å². The number of ether oxygens (including phenoxy) is 5. The predicted molar refractivity (Wildman–Crippen MR) is 211 cm³/mol. The second-order valence-electron chi connectivity index (χ2n) is 16.8. The van der Waals surface area contributed by atoms with E-state index in [1.807, 2.05) is 26.8 Å². The zero-order chi connectivity index (χ0) is 41.3. The van der Waals surface area contributed by atoms with Gasteiger partial charge in [0, 0.05) is 45.6 Å². The van der Waals surface area contributed by atoms with Crippen LogP contribution < -0.4 is 0 Å². The fourth-order valence-corrected chi connectivity index (χ4v) is 9.12. The minimum absolute atomic E-state index is 0.0469. The number of piperidine rings is 1. The van der Waals surface area contributed by atoms with Gasteiger partial charge >= 0.3 is 5.97 Å². The number of Topliss-reactive ketones (excluding diaryl/α,β-unsaturated/α-hetero) is 1. The van der Waals surface area contributed by atoms with Gasteiger partial charge < -0.3 is 38.8 Å². The highest BCUT2D eigenvalue weighted by atomic mass is 16.7. The predicted octanol–water partition coefficient (Wildman–Crippen LogP) is 5.44. The lowest BCUT2D eigenvalue weighted by Gasteiger charge is -2.47. The number of hydrogen-bond acceptors (Lipinski definition) is 11. The zero-order valence-electron chi connectivity index (χ0n) is 34.8. The molecule has 0 unspecified atom stereocenters. The maximum Gasteiger partial charge on any atom is 0.329 e. The lowest BCUT2D eigenvalue weighted by atomic mass is 9.82. The third-order valence-electron chi connectivity index (χ3n) is 12.4. The number of aliphatic hydroxyl groups is 2. The molecule has 2 N–H and O–H groups in total. The van der Waals surface area contributed by atoms with E-state index < -0.39 is 77.8 Å². The first-order chi connectivity index (χ1) is 26.6. The lowest BCUT2D eigenvalue weighted by Crippen LogP contribution is -2.64. The molecule has 12 heteroatoms. The number of fused-ring (bicyclic) bond motifs is 3. The van der Waals surface area contributed by atoms with Gasteiger partial charge in [-0.15, -0.1) is 6.58 Å². The molecule has 3 heterocycles. The maximum absolute atomic E-state index is 14.3. The van der Waals surface area contributed by atoms with Gasteiger partial charge in [0.25, 0.3) is 11.7 Å². The van der Waals surface area contributed by atoms with Gasteiger partial charge in [-0.1, -0.05) is 50.6 Å². The summed E-state index contributed by atoms with van der Waals surface area (Å²) in [5.74, 6) is -7.00. The Morgan fingerprint density at radius 3 is 2.32 bits per heavy atom.